The van der Waals surface area contributed by atoms with Crippen molar-refractivity contribution in [3.8, 4) is 11.5 Å². The fourth-order valence-corrected chi connectivity index (χ4v) is 3.63. The molecule has 0 saturated heterocycles. The molecule has 3 aromatic carbocycles. The predicted molar refractivity (Wildman–Crippen MR) is 145 cm³/mol. The second kappa shape index (κ2) is 13.1. The van der Waals surface area contributed by atoms with Gasteiger partial charge < -0.3 is 14.4 Å². The Bertz CT molecular complexity index is 1270. The molecule has 0 bridgehead atoms. The number of nitro benzene ring substituents is 1. The summed E-state index contributed by atoms with van der Waals surface area (Å²) >= 11 is 0. The average molecular weight is 505 g/mol. The molecule has 10 nitrogen and oxygen atoms in total. The molecular weight excluding hydrogens is 472 g/mol. The smallest absolute Gasteiger partial charge is 0.269 e. The number of aryl methyl sites for hydroxylation is 1. The van der Waals surface area contributed by atoms with E-state index in [1.165, 1.54) is 24.3 Å². The number of hydrogen-bond donors (Lipinski definition) is 0. The van der Waals surface area contributed by atoms with Gasteiger partial charge in [0.05, 0.1) is 29.5 Å². The third kappa shape index (κ3) is 7.09. The summed E-state index contributed by atoms with van der Waals surface area (Å²) in [5.74, 6) is 0.962. The molecule has 0 unspecified atom stereocenters. The molecule has 0 heterocycles. The quantitative estimate of drug-likeness (QED) is 0.140. The van der Waals surface area contributed by atoms with Crippen LogP contribution in [0.15, 0.2) is 75.1 Å². The molecule has 0 fully saturated rings. The van der Waals surface area contributed by atoms with Crippen LogP contribution in [0, 0.1) is 17.0 Å². The van der Waals surface area contributed by atoms with Gasteiger partial charge in [-0.1, -0.05) is 0 Å². The van der Waals surface area contributed by atoms with E-state index in [0.717, 1.165) is 30.0 Å². The topological polar surface area (TPSA) is 114 Å². The van der Waals surface area contributed by atoms with Crippen molar-refractivity contribution in [2.75, 3.05) is 31.2 Å². The van der Waals surface area contributed by atoms with Crippen molar-refractivity contribution in [2.24, 2.45) is 20.5 Å². The Morgan fingerprint density at radius 1 is 0.757 bits per heavy atom. The van der Waals surface area contributed by atoms with Crippen LogP contribution in [0.1, 0.15) is 33.3 Å². The van der Waals surface area contributed by atoms with Crippen LogP contribution in [0.2, 0.25) is 0 Å². The van der Waals surface area contributed by atoms with Gasteiger partial charge >= 0.3 is 0 Å². The van der Waals surface area contributed by atoms with Crippen molar-refractivity contribution in [2.45, 2.75) is 34.6 Å². The molecule has 3 rings (SSSR count). The Hall–Kier alpha value is -4.34. The van der Waals surface area contributed by atoms with Crippen LogP contribution in [0.25, 0.3) is 0 Å². The Kier molecular flexibility index (Phi) is 9.65. The number of nitro groups is 1. The van der Waals surface area contributed by atoms with Crippen molar-refractivity contribution >= 4 is 34.1 Å². The van der Waals surface area contributed by atoms with Crippen molar-refractivity contribution in [3.05, 3.63) is 70.3 Å². The minimum Gasteiger partial charge on any atom is -0.491 e. The molecule has 37 heavy (non-hydrogen) atoms. The van der Waals surface area contributed by atoms with Gasteiger partial charge in [0.25, 0.3) is 5.69 Å². The van der Waals surface area contributed by atoms with E-state index < -0.39 is 4.92 Å². The second-order valence-corrected chi connectivity index (χ2v) is 7.97. The highest BCUT2D eigenvalue weighted by Crippen LogP contribution is 2.41. The number of benzene rings is 3. The van der Waals surface area contributed by atoms with Gasteiger partial charge in [0.1, 0.15) is 22.9 Å². The van der Waals surface area contributed by atoms with Gasteiger partial charge in [0.2, 0.25) is 0 Å². The number of nitrogens with zero attached hydrogens (tertiary/aromatic N) is 6. The van der Waals surface area contributed by atoms with Gasteiger partial charge in [0, 0.05) is 43.0 Å². The van der Waals surface area contributed by atoms with E-state index in [1.807, 2.05) is 32.9 Å². The Labute approximate surface area is 216 Å². The average Bonchev–Trinajstić information content (AvgIpc) is 2.89. The molecular formula is C27H32N6O4. The van der Waals surface area contributed by atoms with Crippen LogP contribution in [0.3, 0.4) is 0 Å². The lowest BCUT2D eigenvalue weighted by Crippen LogP contribution is -2.21. The van der Waals surface area contributed by atoms with Crippen LogP contribution in [-0.4, -0.2) is 31.2 Å². The zero-order valence-corrected chi connectivity index (χ0v) is 21.8. The normalized spacial score (nSPS) is 11.3. The molecule has 10 heteroatoms. The van der Waals surface area contributed by atoms with E-state index in [4.69, 9.17) is 9.47 Å². The summed E-state index contributed by atoms with van der Waals surface area (Å²) in [6, 6.07) is 15.4. The van der Waals surface area contributed by atoms with Gasteiger partial charge in [-0.3, -0.25) is 10.1 Å². The van der Waals surface area contributed by atoms with Gasteiger partial charge in [-0.15, -0.1) is 10.2 Å². The molecule has 0 N–H and O–H groups in total. The second-order valence-electron chi connectivity index (χ2n) is 7.97. The molecule has 0 aromatic heterocycles. The zero-order chi connectivity index (χ0) is 26.8. The van der Waals surface area contributed by atoms with Gasteiger partial charge in [-0.05, 0) is 70.5 Å². The van der Waals surface area contributed by atoms with Crippen molar-refractivity contribution in [1.82, 2.24) is 0 Å². The van der Waals surface area contributed by atoms with E-state index >= 15 is 0 Å². The van der Waals surface area contributed by atoms with Crippen LogP contribution in [0.5, 0.6) is 11.5 Å². The summed E-state index contributed by atoms with van der Waals surface area (Å²) in [6.07, 6.45) is 0. The van der Waals surface area contributed by atoms with Gasteiger partial charge in [-0.2, -0.15) is 10.2 Å². The third-order valence-electron chi connectivity index (χ3n) is 5.55. The molecule has 0 aliphatic rings. The van der Waals surface area contributed by atoms with E-state index in [0.29, 0.717) is 41.8 Å². The first-order chi connectivity index (χ1) is 17.9. The Morgan fingerprint density at radius 3 is 1.78 bits per heavy atom. The van der Waals surface area contributed by atoms with Crippen molar-refractivity contribution in [3.63, 3.8) is 0 Å². The number of hydrogen-bond acceptors (Lipinski definition) is 9. The number of non-ortho nitro benzene ring substituents is 1. The molecule has 3 aromatic rings. The molecule has 0 amide bonds. The highest BCUT2D eigenvalue weighted by atomic mass is 16.6. The maximum absolute atomic E-state index is 10.9. The molecule has 0 aliphatic heterocycles. The van der Waals surface area contributed by atoms with Crippen LogP contribution < -0.4 is 14.4 Å². The minimum absolute atomic E-state index is 0.0137. The molecule has 194 valence electrons. The fourth-order valence-electron chi connectivity index (χ4n) is 3.63. The number of azo groups is 2. The van der Waals surface area contributed by atoms with E-state index in [2.05, 4.69) is 45.3 Å². The van der Waals surface area contributed by atoms with Gasteiger partial charge in [0.15, 0.2) is 0 Å². The number of anilines is 1. The lowest BCUT2D eigenvalue weighted by molar-refractivity contribution is -0.384. The molecule has 0 spiro atoms. The Morgan fingerprint density at radius 2 is 1.30 bits per heavy atom. The molecule has 0 aliphatic carbocycles. The van der Waals surface area contributed by atoms with E-state index in [1.54, 1.807) is 12.1 Å². The standard InChI is InChI=1S/C27H32N6O4/c1-6-32(7-2)22-14-15-23(19(5)16-22)29-31-25-18-26(36-8-3)24(17-27(25)37-9-4)30-28-20-10-12-21(13-11-20)33(34)35/h10-18H,6-9H2,1-5H3. The van der Waals surface area contributed by atoms with E-state index in [9.17, 15) is 10.1 Å². The lowest BCUT2D eigenvalue weighted by atomic mass is 10.1. The van der Waals surface area contributed by atoms with Crippen LogP contribution in [0.4, 0.5) is 34.1 Å². The van der Waals surface area contributed by atoms with E-state index in [-0.39, 0.29) is 5.69 Å². The monoisotopic (exact) mass is 504 g/mol. The number of ether oxygens (including phenoxy) is 2. The highest BCUT2D eigenvalue weighted by Gasteiger charge is 2.13. The molecule has 0 atom stereocenters. The minimum atomic E-state index is -0.462. The predicted octanol–water partition coefficient (Wildman–Crippen LogP) is 8.38. The largest absolute Gasteiger partial charge is 0.491 e. The third-order valence-corrected chi connectivity index (χ3v) is 5.55. The van der Waals surface area contributed by atoms with Crippen LogP contribution in [-0.2, 0) is 0 Å². The molecule has 0 radical (unpaired) electrons. The maximum Gasteiger partial charge on any atom is 0.269 e. The summed E-state index contributed by atoms with van der Waals surface area (Å²) in [5, 5.41) is 28.3. The maximum atomic E-state index is 10.9. The summed E-state index contributed by atoms with van der Waals surface area (Å²) in [4.78, 5) is 12.7. The van der Waals surface area contributed by atoms with Crippen molar-refractivity contribution in [1.29, 1.82) is 0 Å². The first-order valence-corrected chi connectivity index (χ1v) is 12.3. The van der Waals surface area contributed by atoms with Gasteiger partial charge in [-0.25, -0.2) is 0 Å². The first kappa shape index (κ1) is 27.3. The number of rotatable bonds is 12. The Balaban J connectivity index is 1.93. The van der Waals surface area contributed by atoms with Crippen molar-refractivity contribution < 1.29 is 14.4 Å². The summed E-state index contributed by atoms with van der Waals surface area (Å²) in [6.45, 7) is 12.7. The summed E-state index contributed by atoms with van der Waals surface area (Å²) in [5.41, 5.74) is 4.34. The SMILES string of the molecule is CCOc1cc(N=Nc2ccc(N(CC)CC)cc2C)c(OCC)cc1N=Nc1ccc([N+](=O)[O-])cc1. The summed E-state index contributed by atoms with van der Waals surface area (Å²) in [7, 11) is 0. The lowest BCUT2D eigenvalue weighted by Gasteiger charge is -2.21. The summed E-state index contributed by atoms with van der Waals surface area (Å²) < 4.78 is 11.6. The van der Waals surface area contributed by atoms with Crippen LogP contribution >= 0.6 is 0 Å². The first-order valence-electron chi connectivity index (χ1n) is 12.3. The fraction of sp³-hybridized carbons (Fsp3) is 0.333. The zero-order valence-electron chi connectivity index (χ0n) is 21.8. The highest BCUT2D eigenvalue weighted by molar-refractivity contribution is 5.67. The molecule has 0 saturated carbocycles.